The molecule has 11 heteroatoms. The van der Waals surface area contributed by atoms with E-state index in [2.05, 4.69) is 0 Å². The van der Waals surface area contributed by atoms with E-state index in [4.69, 9.17) is 23.7 Å². The average Bonchev–Trinajstić information content (AvgIpc) is 3.26. The maximum atomic E-state index is 15.2. The summed E-state index contributed by atoms with van der Waals surface area (Å²) in [7, 11) is 4.19. The van der Waals surface area contributed by atoms with E-state index < -0.39 is 27.9 Å². The average molecular weight is 519 g/mol. The molecule has 2 aromatic rings. The van der Waals surface area contributed by atoms with Crippen molar-refractivity contribution in [3.63, 3.8) is 0 Å². The van der Waals surface area contributed by atoms with E-state index in [1.165, 1.54) is 39.6 Å². The summed E-state index contributed by atoms with van der Waals surface area (Å²) in [5, 5.41) is 0.448. The van der Waals surface area contributed by atoms with E-state index in [0.717, 1.165) is 27.5 Å². The lowest BCUT2D eigenvalue weighted by Crippen LogP contribution is -2.35. The van der Waals surface area contributed by atoms with E-state index in [1.807, 2.05) is 6.07 Å². The van der Waals surface area contributed by atoms with Crippen LogP contribution in [0, 0.1) is 5.82 Å². The molecule has 1 atom stereocenters. The molecule has 1 fully saturated rings. The fraction of sp³-hybridized carbons (Fsp3) is 0.545. The maximum Gasteiger partial charge on any atom is 0.335 e. The second-order valence-electron chi connectivity index (χ2n) is 7.18. The first-order valence-electron chi connectivity index (χ1n) is 10.3. The van der Waals surface area contributed by atoms with Gasteiger partial charge in [-0.2, -0.15) is 0 Å². The van der Waals surface area contributed by atoms with Crippen molar-refractivity contribution in [2.45, 2.75) is 29.9 Å². The zero-order chi connectivity index (χ0) is 24.0. The van der Waals surface area contributed by atoms with Crippen LogP contribution in [0.2, 0.25) is 0 Å². The Hall–Kier alpha value is -1.69. The third kappa shape index (κ3) is 5.87. The van der Waals surface area contributed by atoms with Gasteiger partial charge in [-0.15, -0.1) is 34.9 Å². The maximum absolute atomic E-state index is 15.2. The lowest BCUT2D eigenvalue weighted by Gasteiger charge is -2.37. The van der Waals surface area contributed by atoms with Gasteiger partial charge in [0, 0.05) is 34.4 Å². The number of halogens is 1. The molecular weight excluding hydrogens is 491 g/mol. The molecule has 1 aromatic heterocycles. The van der Waals surface area contributed by atoms with Crippen molar-refractivity contribution in [2.75, 3.05) is 46.0 Å². The largest absolute Gasteiger partial charge is 0.493 e. The van der Waals surface area contributed by atoms with Gasteiger partial charge < -0.3 is 23.7 Å². The molecule has 0 radical (unpaired) electrons. The smallest absolute Gasteiger partial charge is 0.335 e. The first-order chi connectivity index (χ1) is 15.8. The SMILES string of the molecule is COC(=O)[C@H](CC1(c2cc3c(F)c(OC)c(OC)cc3s2)SCCCS1)OCCOC(C)=O. The summed E-state index contributed by atoms with van der Waals surface area (Å²) in [5.41, 5.74) is 0. The van der Waals surface area contributed by atoms with E-state index in [0.29, 0.717) is 17.6 Å². The number of hydrogen-bond donors (Lipinski definition) is 0. The Labute approximate surface area is 204 Å². The molecule has 0 unspecified atom stereocenters. The van der Waals surface area contributed by atoms with Gasteiger partial charge >= 0.3 is 11.9 Å². The van der Waals surface area contributed by atoms with Crippen LogP contribution >= 0.6 is 34.9 Å². The van der Waals surface area contributed by atoms with Crippen molar-refractivity contribution in [1.82, 2.24) is 0 Å². The summed E-state index contributed by atoms with van der Waals surface area (Å²) >= 11 is 4.91. The van der Waals surface area contributed by atoms with Crippen LogP contribution in [0.3, 0.4) is 0 Å². The molecule has 3 rings (SSSR count). The molecule has 33 heavy (non-hydrogen) atoms. The molecule has 0 saturated carbocycles. The van der Waals surface area contributed by atoms with Crippen molar-refractivity contribution in [3.8, 4) is 11.5 Å². The molecule has 0 spiro atoms. The van der Waals surface area contributed by atoms with Crippen molar-refractivity contribution >= 4 is 56.9 Å². The second-order valence-corrected chi connectivity index (χ2v) is 11.3. The second kappa shape index (κ2) is 11.6. The number of thiophene rings is 1. The van der Waals surface area contributed by atoms with Gasteiger partial charge in [0.25, 0.3) is 0 Å². The Kier molecular flexibility index (Phi) is 9.14. The first-order valence-corrected chi connectivity index (χ1v) is 13.1. The van der Waals surface area contributed by atoms with Crippen LogP contribution in [0.4, 0.5) is 4.39 Å². The minimum absolute atomic E-state index is 0.0454. The Bertz CT molecular complexity index is 988. The van der Waals surface area contributed by atoms with Crippen LogP contribution in [0.15, 0.2) is 12.1 Å². The van der Waals surface area contributed by atoms with E-state index >= 15 is 4.39 Å². The summed E-state index contributed by atoms with van der Waals surface area (Å²) in [4.78, 5) is 24.5. The lowest BCUT2D eigenvalue weighted by atomic mass is 10.1. The van der Waals surface area contributed by atoms with Crippen molar-refractivity contribution in [2.24, 2.45) is 0 Å². The predicted molar refractivity (Wildman–Crippen MR) is 129 cm³/mol. The van der Waals surface area contributed by atoms with Crippen molar-refractivity contribution in [1.29, 1.82) is 0 Å². The number of thioether (sulfide) groups is 2. The highest BCUT2D eigenvalue weighted by molar-refractivity contribution is 8.18. The van der Waals surface area contributed by atoms with Crippen LogP contribution in [0.25, 0.3) is 10.1 Å². The van der Waals surface area contributed by atoms with E-state index in [1.54, 1.807) is 29.6 Å². The summed E-state index contributed by atoms with van der Waals surface area (Å²) in [6.07, 6.45) is 0.509. The van der Waals surface area contributed by atoms with Gasteiger partial charge in [0.05, 0.1) is 32.0 Å². The fourth-order valence-corrected chi connectivity index (χ4v) is 8.40. The summed E-state index contributed by atoms with van der Waals surface area (Å²) in [6.45, 7) is 1.43. The summed E-state index contributed by atoms with van der Waals surface area (Å²) in [6, 6.07) is 3.60. The molecule has 0 amide bonds. The molecule has 1 aromatic carbocycles. The topological polar surface area (TPSA) is 80.3 Å². The number of benzene rings is 1. The highest BCUT2D eigenvalue weighted by Crippen LogP contribution is 2.57. The number of ether oxygens (including phenoxy) is 5. The van der Waals surface area contributed by atoms with Gasteiger partial charge in [-0.25, -0.2) is 9.18 Å². The number of esters is 2. The minimum Gasteiger partial charge on any atom is -0.493 e. The molecule has 0 N–H and O–H groups in total. The van der Waals surface area contributed by atoms with E-state index in [-0.39, 0.29) is 19.0 Å². The minimum atomic E-state index is -0.859. The molecule has 1 aliphatic rings. The predicted octanol–water partition coefficient (Wildman–Crippen LogP) is 4.59. The number of fused-ring (bicyclic) bond motifs is 1. The van der Waals surface area contributed by atoms with Gasteiger partial charge in [0.2, 0.25) is 0 Å². The van der Waals surface area contributed by atoms with Gasteiger partial charge in [-0.05, 0) is 24.0 Å². The van der Waals surface area contributed by atoms with Crippen LogP contribution in [-0.4, -0.2) is 64.1 Å². The van der Waals surface area contributed by atoms with Gasteiger partial charge in [0.15, 0.2) is 23.4 Å². The number of rotatable bonds is 10. The summed E-state index contributed by atoms with van der Waals surface area (Å²) < 4.78 is 41.6. The zero-order valence-electron chi connectivity index (χ0n) is 18.9. The standard InChI is InChI=1S/C22H27FO7S3/c1-13(24)29-6-7-30-16(21(25)28-4)12-22(31-8-5-9-32-22)18-10-14-17(33-18)11-15(26-2)20(27-3)19(14)23/h10-11,16H,5-9,12H2,1-4H3/t16-/m0/s1. The zero-order valence-corrected chi connectivity index (χ0v) is 21.4. The van der Waals surface area contributed by atoms with Crippen LogP contribution in [0.1, 0.15) is 24.6 Å². The molecule has 0 bridgehead atoms. The highest BCUT2D eigenvalue weighted by atomic mass is 32.2. The Balaban J connectivity index is 1.95. The molecule has 1 saturated heterocycles. The van der Waals surface area contributed by atoms with Gasteiger partial charge in [0.1, 0.15) is 6.61 Å². The Morgan fingerprint density at radius 1 is 1.12 bits per heavy atom. The van der Waals surface area contributed by atoms with Crippen molar-refractivity contribution in [3.05, 3.63) is 22.8 Å². The number of carbonyl (C=O) groups is 2. The number of carbonyl (C=O) groups excluding carboxylic acids is 2. The Morgan fingerprint density at radius 3 is 2.45 bits per heavy atom. The monoisotopic (exact) mass is 518 g/mol. The quantitative estimate of drug-likeness (QED) is 0.331. The summed E-state index contributed by atoms with van der Waals surface area (Å²) in [5.74, 6) is 0.803. The Morgan fingerprint density at radius 2 is 1.85 bits per heavy atom. The first kappa shape index (κ1) is 25.9. The highest BCUT2D eigenvalue weighted by Gasteiger charge is 2.42. The van der Waals surface area contributed by atoms with Crippen LogP contribution in [-0.2, 0) is 27.9 Å². The van der Waals surface area contributed by atoms with Crippen molar-refractivity contribution < 1.29 is 37.7 Å². The molecule has 2 heterocycles. The molecule has 182 valence electrons. The molecule has 7 nitrogen and oxygen atoms in total. The number of hydrogen-bond acceptors (Lipinski definition) is 10. The van der Waals surface area contributed by atoms with Crippen LogP contribution < -0.4 is 9.47 Å². The van der Waals surface area contributed by atoms with Crippen LogP contribution in [0.5, 0.6) is 11.5 Å². The van der Waals surface area contributed by atoms with Gasteiger partial charge in [-0.1, -0.05) is 0 Å². The third-order valence-corrected chi connectivity index (χ3v) is 9.97. The normalized spacial score (nSPS) is 16.3. The van der Waals surface area contributed by atoms with Gasteiger partial charge in [-0.3, -0.25) is 4.79 Å². The molecule has 0 aliphatic carbocycles. The molecular formula is C22H27FO7S3. The third-order valence-electron chi connectivity index (χ3n) is 5.07. The fourth-order valence-electron chi connectivity index (χ4n) is 3.53. The number of methoxy groups -OCH3 is 3. The molecule has 1 aliphatic heterocycles. The lowest BCUT2D eigenvalue weighted by molar-refractivity contribution is -0.156. The van der Waals surface area contributed by atoms with E-state index in [9.17, 15) is 9.59 Å².